The lowest BCUT2D eigenvalue weighted by Gasteiger charge is -2.19. The summed E-state index contributed by atoms with van der Waals surface area (Å²) in [6.07, 6.45) is 1.67. The molecule has 1 aliphatic rings. The van der Waals surface area contributed by atoms with Gasteiger partial charge < -0.3 is 25.0 Å². The number of nitrogens with zero attached hydrogens (tertiary/aromatic N) is 1. The highest BCUT2D eigenvalue weighted by Crippen LogP contribution is 2.25. The zero-order chi connectivity index (χ0) is 20.6. The van der Waals surface area contributed by atoms with Crippen LogP contribution in [0.3, 0.4) is 0 Å². The first-order chi connectivity index (χ1) is 14.1. The third-order valence-corrected chi connectivity index (χ3v) is 5.20. The fourth-order valence-corrected chi connectivity index (χ4v) is 3.55. The van der Waals surface area contributed by atoms with E-state index in [0.717, 1.165) is 42.3 Å². The molecule has 0 bridgehead atoms. The predicted molar refractivity (Wildman–Crippen MR) is 111 cm³/mol. The van der Waals surface area contributed by atoms with Crippen molar-refractivity contribution < 1.29 is 18.7 Å². The monoisotopic (exact) mass is 401 g/mol. The number of halogens is 1. The van der Waals surface area contributed by atoms with Crippen molar-refractivity contribution in [1.29, 1.82) is 0 Å². The van der Waals surface area contributed by atoms with E-state index in [1.807, 2.05) is 18.2 Å². The average Bonchev–Trinajstić information content (AvgIpc) is 3.22. The van der Waals surface area contributed by atoms with Crippen LogP contribution in [0.15, 0.2) is 42.5 Å². The van der Waals surface area contributed by atoms with Crippen LogP contribution in [-0.4, -0.2) is 46.4 Å². The molecule has 1 saturated heterocycles. The molecule has 2 aromatic carbocycles. The van der Waals surface area contributed by atoms with Crippen molar-refractivity contribution in [2.75, 3.05) is 45.3 Å². The van der Waals surface area contributed by atoms with E-state index in [4.69, 9.17) is 9.47 Å². The Kier molecular flexibility index (Phi) is 7.16. The summed E-state index contributed by atoms with van der Waals surface area (Å²) in [6.45, 7) is 2.90. The first-order valence-corrected chi connectivity index (χ1v) is 9.82. The molecule has 0 aromatic heterocycles. The van der Waals surface area contributed by atoms with Gasteiger partial charge in [0.2, 0.25) is 0 Å². The highest BCUT2D eigenvalue weighted by atomic mass is 19.1. The van der Waals surface area contributed by atoms with Crippen LogP contribution in [0.25, 0.3) is 0 Å². The van der Waals surface area contributed by atoms with E-state index in [9.17, 15) is 9.18 Å². The third-order valence-electron chi connectivity index (χ3n) is 5.20. The van der Waals surface area contributed by atoms with Gasteiger partial charge in [-0.15, -0.1) is 0 Å². The van der Waals surface area contributed by atoms with Gasteiger partial charge in [-0.1, -0.05) is 6.07 Å². The highest BCUT2D eigenvalue weighted by Gasteiger charge is 2.23. The molecule has 1 heterocycles. The molecule has 156 valence electrons. The van der Waals surface area contributed by atoms with Crippen LogP contribution < -0.4 is 25.0 Å². The van der Waals surface area contributed by atoms with Crippen LogP contribution in [0.4, 0.5) is 14.9 Å². The molecule has 0 saturated carbocycles. The molecule has 6 nitrogen and oxygen atoms in total. The Hall–Kier alpha value is -2.96. The molecule has 0 radical (unpaired) electrons. The molecular formula is C22H28FN3O3. The number of urea groups is 1. The zero-order valence-electron chi connectivity index (χ0n) is 16.9. The summed E-state index contributed by atoms with van der Waals surface area (Å²) in [7, 11) is 3.23. The first kappa shape index (κ1) is 20.8. The number of carbonyl (C=O) groups excluding carboxylic acids is 1. The molecule has 29 heavy (non-hydrogen) atoms. The molecule has 2 aromatic rings. The topological polar surface area (TPSA) is 62.8 Å². The van der Waals surface area contributed by atoms with Crippen molar-refractivity contribution >= 4 is 11.7 Å². The van der Waals surface area contributed by atoms with Gasteiger partial charge in [-0.25, -0.2) is 9.18 Å². The van der Waals surface area contributed by atoms with Gasteiger partial charge in [0.1, 0.15) is 17.3 Å². The minimum Gasteiger partial charge on any atom is -0.497 e. The number of anilines is 1. The van der Waals surface area contributed by atoms with E-state index in [2.05, 4.69) is 15.5 Å². The molecule has 2 amide bonds. The molecular weight excluding hydrogens is 373 g/mol. The summed E-state index contributed by atoms with van der Waals surface area (Å²) in [5.41, 5.74) is 2.03. The van der Waals surface area contributed by atoms with Crippen LogP contribution in [-0.2, 0) is 6.42 Å². The van der Waals surface area contributed by atoms with Crippen molar-refractivity contribution in [2.24, 2.45) is 5.92 Å². The third kappa shape index (κ3) is 5.76. The fourth-order valence-electron chi connectivity index (χ4n) is 3.55. The zero-order valence-corrected chi connectivity index (χ0v) is 16.9. The van der Waals surface area contributed by atoms with Crippen LogP contribution in [0, 0.1) is 11.7 Å². The van der Waals surface area contributed by atoms with E-state index in [0.29, 0.717) is 25.4 Å². The summed E-state index contributed by atoms with van der Waals surface area (Å²) in [4.78, 5) is 14.3. The molecule has 1 atom stereocenters. The molecule has 3 rings (SSSR count). The van der Waals surface area contributed by atoms with Gasteiger partial charge >= 0.3 is 6.03 Å². The Balaban J connectivity index is 1.38. The lowest BCUT2D eigenvalue weighted by Crippen LogP contribution is -2.39. The van der Waals surface area contributed by atoms with E-state index in [1.165, 1.54) is 12.1 Å². The summed E-state index contributed by atoms with van der Waals surface area (Å²) < 4.78 is 23.6. The van der Waals surface area contributed by atoms with Gasteiger partial charge in [0.15, 0.2) is 0 Å². The number of carbonyl (C=O) groups is 1. The van der Waals surface area contributed by atoms with Crippen molar-refractivity contribution in [1.82, 2.24) is 10.6 Å². The van der Waals surface area contributed by atoms with Crippen LogP contribution >= 0.6 is 0 Å². The second-order valence-corrected chi connectivity index (χ2v) is 7.14. The molecule has 1 unspecified atom stereocenters. The number of rotatable bonds is 8. The number of amides is 2. The maximum absolute atomic E-state index is 13.1. The number of benzene rings is 2. The first-order valence-electron chi connectivity index (χ1n) is 9.82. The van der Waals surface area contributed by atoms with E-state index in [1.54, 1.807) is 26.4 Å². The second-order valence-electron chi connectivity index (χ2n) is 7.14. The number of hydrogen-bond acceptors (Lipinski definition) is 4. The van der Waals surface area contributed by atoms with E-state index in [-0.39, 0.29) is 11.8 Å². The van der Waals surface area contributed by atoms with Crippen molar-refractivity contribution in [2.45, 2.75) is 12.8 Å². The van der Waals surface area contributed by atoms with Crippen LogP contribution in [0.2, 0.25) is 0 Å². The Morgan fingerprint density at radius 2 is 1.93 bits per heavy atom. The van der Waals surface area contributed by atoms with E-state index < -0.39 is 0 Å². The smallest absolute Gasteiger partial charge is 0.314 e. The fraction of sp³-hybridized carbons (Fsp3) is 0.409. The molecule has 2 N–H and O–H groups in total. The van der Waals surface area contributed by atoms with Gasteiger partial charge in [0, 0.05) is 37.9 Å². The van der Waals surface area contributed by atoms with Crippen LogP contribution in [0.1, 0.15) is 12.0 Å². The molecule has 0 aliphatic carbocycles. The Morgan fingerprint density at radius 1 is 1.14 bits per heavy atom. The SMILES string of the molecule is COc1ccc(CCNC(=O)NCC2CCN(c3ccc(F)cc3)C2)c(OC)c1. The summed E-state index contributed by atoms with van der Waals surface area (Å²) in [5.74, 6) is 1.64. The minimum absolute atomic E-state index is 0.169. The maximum atomic E-state index is 13.1. The van der Waals surface area contributed by atoms with E-state index >= 15 is 0 Å². The second kappa shape index (κ2) is 10.0. The predicted octanol–water partition coefficient (Wildman–Crippen LogP) is 3.21. The number of hydrogen-bond donors (Lipinski definition) is 2. The Morgan fingerprint density at radius 3 is 2.66 bits per heavy atom. The van der Waals surface area contributed by atoms with Gasteiger partial charge in [-0.3, -0.25) is 0 Å². The lowest BCUT2D eigenvalue weighted by atomic mass is 10.1. The van der Waals surface area contributed by atoms with Crippen molar-refractivity contribution in [3.05, 3.63) is 53.8 Å². The number of ether oxygens (including phenoxy) is 2. The normalized spacial score (nSPS) is 15.8. The number of methoxy groups -OCH3 is 2. The van der Waals surface area contributed by atoms with Gasteiger partial charge in [0.25, 0.3) is 0 Å². The number of nitrogens with one attached hydrogen (secondary N) is 2. The molecule has 1 aliphatic heterocycles. The van der Waals surface area contributed by atoms with Gasteiger partial charge in [0.05, 0.1) is 14.2 Å². The summed E-state index contributed by atoms with van der Waals surface area (Å²) in [5, 5.41) is 5.84. The lowest BCUT2D eigenvalue weighted by molar-refractivity contribution is 0.239. The highest BCUT2D eigenvalue weighted by molar-refractivity contribution is 5.73. The molecule has 0 spiro atoms. The van der Waals surface area contributed by atoms with Crippen molar-refractivity contribution in [3.63, 3.8) is 0 Å². The summed E-state index contributed by atoms with van der Waals surface area (Å²) in [6, 6.07) is 12.0. The quantitative estimate of drug-likeness (QED) is 0.713. The molecule has 1 fully saturated rings. The Labute approximate surface area is 171 Å². The largest absolute Gasteiger partial charge is 0.497 e. The molecule has 7 heteroatoms. The van der Waals surface area contributed by atoms with Gasteiger partial charge in [-0.2, -0.15) is 0 Å². The Bertz CT molecular complexity index is 813. The average molecular weight is 401 g/mol. The van der Waals surface area contributed by atoms with Crippen LogP contribution in [0.5, 0.6) is 11.5 Å². The minimum atomic E-state index is -0.227. The van der Waals surface area contributed by atoms with Crippen molar-refractivity contribution in [3.8, 4) is 11.5 Å². The standard InChI is InChI=1S/C22H28FN3O3/c1-28-20-8-3-17(21(13-20)29-2)9-11-24-22(27)25-14-16-10-12-26(15-16)19-6-4-18(23)5-7-19/h3-8,13,16H,9-12,14-15H2,1-2H3,(H2,24,25,27). The maximum Gasteiger partial charge on any atom is 0.314 e. The van der Waals surface area contributed by atoms with Gasteiger partial charge in [-0.05, 0) is 54.7 Å². The summed E-state index contributed by atoms with van der Waals surface area (Å²) >= 11 is 0.